The van der Waals surface area contributed by atoms with Gasteiger partial charge in [-0.3, -0.25) is 19.7 Å². The van der Waals surface area contributed by atoms with Crippen molar-refractivity contribution in [1.29, 1.82) is 0 Å². The van der Waals surface area contributed by atoms with Crippen molar-refractivity contribution >= 4 is 17.6 Å². The molecule has 1 amide bonds. The fourth-order valence-corrected chi connectivity index (χ4v) is 2.09. The van der Waals surface area contributed by atoms with Crippen LogP contribution in [0.25, 0.3) is 0 Å². The Hall–Kier alpha value is -3.22. The summed E-state index contributed by atoms with van der Waals surface area (Å²) in [7, 11) is 0. The van der Waals surface area contributed by atoms with Gasteiger partial charge in [0.15, 0.2) is 0 Å². The normalized spacial score (nSPS) is 11.5. The van der Waals surface area contributed by atoms with Crippen molar-refractivity contribution in [2.75, 3.05) is 0 Å². The number of carboxylic acid groups (broad SMARTS) is 1. The van der Waals surface area contributed by atoms with E-state index in [1.54, 1.807) is 30.3 Å². The molecule has 7 nitrogen and oxygen atoms in total. The van der Waals surface area contributed by atoms with Gasteiger partial charge in [-0.1, -0.05) is 30.3 Å². The average Bonchev–Trinajstić information content (AvgIpc) is 2.54. The van der Waals surface area contributed by atoms with E-state index in [9.17, 15) is 19.7 Å². The summed E-state index contributed by atoms with van der Waals surface area (Å²) >= 11 is 0. The van der Waals surface area contributed by atoms with E-state index in [0.29, 0.717) is 5.56 Å². The van der Waals surface area contributed by atoms with E-state index in [4.69, 9.17) is 5.11 Å². The highest BCUT2D eigenvalue weighted by Gasteiger charge is 2.19. The summed E-state index contributed by atoms with van der Waals surface area (Å²) < 4.78 is 0. The highest BCUT2D eigenvalue weighted by atomic mass is 16.6. The summed E-state index contributed by atoms with van der Waals surface area (Å²) in [6.07, 6.45) is -0.261. The lowest BCUT2D eigenvalue weighted by molar-refractivity contribution is -0.384. The summed E-state index contributed by atoms with van der Waals surface area (Å²) in [6, 6.07) is 13.2. The molecule has 2 rings (SSSR count). The molecular weight excluding hydrogens is 300 g/mol. The van der Waals surface area contributed by atoms with E-state index in [1.807, 2.05) is 0 Å². The van der Waals surface area contributed by atoms with Gasteiger partial charge in [-0.05, 0) is 17.7 Å². The number of carbonyl (C=O) groups excluding carboxylic acids is 1. The van der Waals surface area contributed by atoms with Crippen molar-refractivity contribution in [3.8, 4) is 0 Å². The van der Waals surface area contributed by atoms with E-state index < -0.39 is 22.8 Å². The molecule has 2 aromatic rings. The Morgan fingerprint density at radius 3 is 2.22 bits per heavy atom. The standard InChI is InChI=1S/C16H14N2O5/c19-15(20)10-14(11-4-2-1-3-5-11)17-16(21)12-6-8-13(9-7-12)18(22)23/h1-9,14H,10H2,(H,17,21)(H,19,20)/t14-/m0/s1. The second-order valence-electron chi connectivity index (χ2n) is 4.84. The molecule has 0 aliphatic rings. The molecule has 0 bridgehead atoms. The molecule has 0 aliphatic heterocycles. The summed E-state index contributed by atoms with van der Waals surface area (Å²) in [5, 5.41) is 22.2. The van der Waals surface area contributed by atoms with Gasteiger partial charge in [0.25, 0.3) is 11.6 Å². The van der Waals surface area contributed by atoms with Gasteiger partial charge in [0.2, 0.25) is 0 Å². The van der Waals surface area contributed by atoms with E-state index in [1.165, 1.54) is 24.3 Å². The highest BCUT2D eigenvalue weighted by molar-refractivity contribution is 5.94. The number of aliphatic carboxylic acids is 1. The van der Waals surface area contributed by atoms with Crippen molar-refractivity contribution < 1.29 is 19.6 Å². The van der Waals surface area contributed by atoms with Gasteiger partial charge in [-0.15, -0.1) is 0 Å². The lowest BCUT2D eigenvalue weighted by atomic mass is 10.0. The number of hydrogen-bond donors (Lipinski definition) is 2. The molecule has 7 heteroatoms. The molecule has 0 saturated heterocycles. The fourth-order valence-electron chi connectivity index (χ4n) is 2.09. The maximum Gasteiger partial charge on any atom is 0.305 e. The third-order valence-corrected chi connectivity index (χ3v) is 3.23. The number of nitro groups is 1. The number of benzene rings is 2. The first-order valence-electron chi connectivity index (χ1n) is 6.79. The molecule has 0 unspecified atom stereocenters. The Morgan fingerprint density at radius 2 is 1.70 bits per heavy atom. The van der Waals surface area contributed by atoms with Crippen LogP contribution in [0, 0.1) is 10.1 Å². The Labute approximate surface area is 131 Å². The molecule has 2 aromatic carbocycles. The van der Waals surface area contributed by atoms with Gasteiger partial charge in [-0.25, -0.2) is 0 Å². The third-order valence-electron chi connectivity index (χ3n) is 3.23. The summed E-state index contributed by atoms with van der Waals surface area (Å²) in [4.78, 5) is 33.3. The van der Waals surface area contributed by atoms with Gasteiger partial charge in [0.1, 0.15) is 0 Å². The van der Waals surface area contributed by atoms with Crippen LogP contribution < -0.4 is 5.32 Å². The quantitative estimate of drug-likeness (QED) is 0.629. The minimum absolute atomic E-state index is 0.119. The van der Waals surface area contributed by atoms with Crippen LogP contribution in [0.3, 0.4) is 0 Å². The Bertz CT molecular complexity index is 713. The van der Waals surface area contributed by atoms with E-state index in [-0.39, 0.29) is 17.7 Å². The summed E-state index contributed by atoms with van der Waals surface area (Å²) in [5.74, 6) is -1.53. The van der Waals surface area contributed by atoms with Gasteiger partial charge in [0.05, 0.1) is 17.4 Å². The van der Waals surface area contributed by atoms with Crippen LogP contribution >= 0.6 is 0 Å². The van der Waals surface area contributed by atoms with Crippen LogP contribution in [0.4, 0.5) is 5.69 Å². The van der Waals surface area contributed by atoms with E-state index in [0.717, 1.165) is 0 Å². The molecule has 0 fully saturated rings. The second-order valence-corrected chi connectivity index (χ2v) is 4.84. The van der Waals surface area contributed by atoms with Crippen LogP contribution in [-0.2, 0) is 4.79 Å². The number of amides is 1. The number of rotatable bonds is 6. The summed E-state index contributed by atoms with van der Waals surface area (Å²) in [5.41, 5.74) is 0.777. The molecule has 0 spiro atoms. The van der Waals surface area contributed by atoms with E-state index in [2.05, 4.69) is 5.32 Å². The van der Waals surface area contributed by atoms with Crippen LogP contribution in [0.5, 0.6) is 0 Å². The third kappa shape index (κ3) is 4.37. The lowest BCUT2D eigenvalue weighted by Crippen LogP contribution is -2.30. The van der Waals surface area contributed by atoms with Crippen molar-refractivity contribution in [3.63, 3.8) is 0 Å². The van der Waals surface area contributed by atoms with Crippen LogP contribution in [0.1, 0.15) is 28.4 Å². The molecule has 1 atom stereocenters. The highest BCUT2D eigenvalue weighted by Crippen LogP contribution is 2.18. The minimum atomic E-state index is -1.04. The first kappa shape index (κ1) is 16.2. The number of nitro benzene ring substituents is 1. The van der Waals surface area contributed by atoms with Crippen LogP contribution in [0.2, 0.25) is 0 Å². The van der Waals surface area contributed by atoms with Crippen LogP contribution in [-0.4, -0.2) is 21.9 Å². The van der Waals surface area contributed by atoms with Crippen molar-refractivity contribution in [3.05, 3.63) is 75.8 Å². The zero-order valence-electron chi connectivity index (χ0n) is 12.0. The van der Waals surface area contributed by atoms with Gasteiger partial charge < -0.3 is 10.4 Å². The number of nitrogens with one attached hydrogen (secondary N) is 1. The molecule has 0 aromatic heterocycles. The number of carboxylic acids is 1. The molecule has 0 aliphatic carbocycles. The zero-order valence-corrected chi connectivity index (χ0v) is 12.0. The predicted octanol–water partition coefficient (Wildman–Crippen LogP) is 2.54. The Kier molecular flexibility index (Phi) is 5.03. The smallest absolute Gasteiger partial charge is 0.305 e. The van der Waals surface area contributed by atoms with Gasteiger partial charge in [-0.2, -0.15) is 0 Å². The number of carbonyl (C=O) groups is 2. The van der Waals surface area contributed by atoms with Crippen LogP contribution in [0.15, 0.2) is 54.6 Å². The topological polar surface area (TPSA) is 110 Å². The SMILES string of the molecule is O=C(O)C[C@H](NC(=O)c1ccc([N+](=O)[O-])cc1)c1ccccc1. The Balaban J connectivity index is 2.17. The molecule has 0 saturated carbocycles. The number of nitrogens with zero attached hydrogens (tertiary/aromatic N) is 1. The largest absolute Gasteiger partial charge is 0.481 e. The molecule has 0 radical (unpaired) electrons. The number of hydrogen-bond acceptors (Lipinski definition) is 4. The summed E-state index contributed by atoms with van der Waals surface area (Å²) in [6.45, 7) is 0. The average molecular weight is 314 g/mol. The predicted molar refractivity (Wildman–Crippen MR) is 82.0 cm³/mol. The first-order valence-corrected chi connectivity index (χ1v) is 6.79. The van der Waals surface area contributed by atoms with Crippen molar-refractivity contribution in [2.24, 2.45) is 0 Å². The van der Waals surface area contributed by atoms with Gasteiger partial charge in [0, 0.05) is 17.7 Å². The van der Waals surface area contributed by atoms with Crippen molar-refractivity contribution in [2.45, 2.75) is 12.5 Å². The monoisotopic (exact) mass is 314 g/mol. The van der Waals surface area contributed by atoms with Crippen molar-refractivity contribution in [1.82, 2.24) is 5.32 Å². The van der Waals surface area contributed by atoms with Gasteiger partial charge >= 0.3 is 5.97 Å². The minimum Gasteiger partial charge on any atom is -0.481 e. The molecular formula is C16H14N2O5. The second kappa shape index (κ2) is 7.17. The van der Waals surface area contributed by atoms with E-state index >= 15 is 0 Å². The molecule has 118 valence electrons. The molecule has 23 heavy (non-hydrogen) atoms. The lowest BCUT2D eigenvalue weighted by Gasteiger charge is -2.17. The number of non-ortho nitro benzene ring substituents is 1. The molecule has 2 N–H and O–H groups in total. The maximum absolute atomic E-state index is 12.2. The Morgan fingerprint density at radius 1 is 1.09 bits per heavy atom. The maximum atomic E-state index is 12.2. The fraction of sp³-hybridized carbons (Fsp3) is 0.125. The zero-order chi connectivity index (χ0) is 16.8. The molecule has 0 heterocycles. The first-order chi connectivity index (χ1) is 11.0.